The maximum Gasteiger partial charge on any atom is 0.167 e. The molecule has 0 aromatic heterocycles. The second-order valence-electron chi connectivity index (χ2n) is 5.76. The Balaban J connectivity index is 2.41. The van der Waals surface area contributed by atoms with Crippen LogP contribution in [0.4, 0.5) is 0 Å². The minimum absolute atomic E-state index is 0.337. The first-order chi connectivity index (χ1) is 8.47. The lowest BCUT2D eigenvalue weighted by Gasteiger charge is -2.28. The van der Waals surface area contributed by atoms with Crippen LogP contribution < -0.4 is 0 Å². The first-order valence-corrected chi connectivity index (χ1v) is 7.86. The third kappa shape index (κ3) is 4.39. The molecule has 0 amide bonds. The van der Waals surface area contributed by atoms with Gasteiger partial charge in [0.15, 0.2) is 9.76 Å². The third-order valence-electron chi connectivity index (χ3n) is 3.73. The Bertz CT molecular complexity index is 386. The van der Waals surface area contributed by atoms with Crippen molar-refractivity contribution >= 4 is 16.0 Å². The zero-order valence-electron chi connectivity index (χ0n) is 11.9. The van der Waals surface area contributed by atoms with Crippen LogP contribution in [0.1, 0.15) is 43.6 Å². The Kier molecular flexibility index (Phi) is 5.76. The molecule has 1 aromatic rings. The minimum atomic E-state index is -0.531. The van der Waals surface area contributed by atoms with E-state index in [1.165, 1.54) is 0 Å². The van der Waals surface area contributed by atoms with E-state index in [0.29, 0.717) is 11.0 Å². The maximum atomic E-state index is 10.9. The van der Waals surface area contributed by atoms with Gasteiger partial charge in [-0.2, -0.15) is 0 Å². The summed E-state index contributed by atoms with van der Waals surface area (Å²) in [7, 11) is -0.531. The van der Waals surface area contributed by atoms with E-state index in [1.54, 1.807) is 0 Å². The number of carbonyl (C=O) groups excluding carboxylic acids is 1. The molecule has 2 nitrogen and oxygen atoms in total. The summed E-state index contributed by atoms with van der Waals surface area (Å²) < 4.78 is 5.89. The normalized spacial score (nSPS) is 12.5. The average molecular weight is 264 g/mol. The quantitative estimate of drug-likeness (QED) is 0.430. The molecular weight excluding hydrogens is 240 g/mol. The lowest BCUT2D eigenvalue weighted by molar-refractivity contribution is 0.112. The molecule has 0 aliphatic carbocycles. The highest BCUT2D eigenvalue weighted by atomic mass is 28.2. The van der Waals surface area contributed by atoms with Crippen molar-refractivity contribution in [1.29, 1.82) is 0 Å². The van der Waals surface area contributed by atoms with Gasteiger partial charge < -0.3 is 4.43 Å². The zero-order chi connectivity index (χ0) is 13.6. The van der Waals surface area contributed by atoms with Crippen molar-refractivity contribution in [3.05, 3.63) is 35.4 Å². The van der Waals surface area contributed by atoms with E-state index in [9.17, 15) is 4.79 Å². The van der Waals surface area contributed by atoms with Gasteiger partial charge in [0.05, 0.1) is 0 Å². The second kappa shape index (κ2) is 6.85. The predicted octanol–water partition coefficient (Wildman–Crippen LogP) is 3.00. The van der Waals surface area contributed by atoms with Crippen molar-refractivity contribution in [3.8, 4) is 0 Å². The molecule has 0 saturated heterocycles. The fourth-order valence-electron chi connectivity index (χ4n) is 1.56. The van der Waals surface area contributed by atoms with Crippen LogP contribution in [-0.2, 0) is 10.8 Å². The van der Waals surface area contributed by atoms with Gasteiger partial charge in [0.1, 0.15) is 6.29 Å². The topological polar surface area (TPSA) is 26.3 Å². The Hall–Kier alpha value is -0.933. The molecular formula is C15H24O2Si. The Morgan fingerprint density at radius 3 is 2.61 bits per heavy atom. The fraction of sp³-hybridized carbons (Fsp3) is 0.533. The standard InChI is InChI=1S/C15H24O2Si/c1-12(2)15(3,4)18-17-10-9-13-7-5-6-8-14(13)11-16/h5-8,11-12H,9-10,18H2,1-4H3. The Labute approximate surface area is 113 Å². The van der Waals surface area contributed by atoms with Crippen LogP contribution in [0.5, 0.6) is 0 Å². The number of benzene rings is 1. The molecule has 3 heteroatoms. The van der Waals surface area contributed by atoms with Gasteiger partial charge in [0, 0.05) is 12.2 Å². The van der Waals surface area contributed by atoms with Gasteiger partial charge in [0.25, 0.3) is 0 Å². The van der Waals surface area contributed by atoms with Gasteiger partial charge in [-0.1, -0.05) is 52.0 Å². The molecule has 18 heavy (non-hydrogen) atoms. The van der Waals surface area contributed by atoms with Crippen molar-refractivity contribution in [2.24, 2.45) is 5.92 Å². The monoisotopic (exact) mass is 264 g/mol. The second-order valence-corrected chi connectivity index (χ2v) is 8.28. The van der Waals surface area contributed by atoms with E-state index in [4.69, 9.17) is 4.43 Å². The van der Waals surface area contributed by atoms with Gasteiger partial charge in [-0.15, -0.1) is 0 Å². The fourth-order valence-corrected chi connectivity index (χ4v) is 2.71. The number of rotatable bonds is 7. The summed E-state index contributed by atoms with van der Waals surface area (Å²) in [5.41, 5.74) is 1.87. The van der Waals surface area contributed by atoms with Crippen LogP contribution in [0.25, 0.3) is 0 Å². The van der Waals surface area contributed by atoms with E-state index in [1.807, 2.05) is 24.3 Å². The minimum Gasteiger partial charge on any atom is -0.423 e. The van der Waals surface area contributed by atoms with Crippen LogP contribution in [-0.4, -0.2) is 22.7 Å². The van der Waals surface area contributed by atoms with Crippen LogP contribution in [0, 0.1) is 5.92 Å². The number of carbonyl (C=O) groups is 1. The molecule has 1 rings (SSSR count). The Morgan fingerprint density at radius 2 is 2.00 bits per heavy atom. The predicted molar refractivity (Wildman–Crippen MR) is 78.9 cm³/mol. The molecule has 0 unspecified atom stereocenters. The lowest BCUT2D eigenvalue weighted by atomic mass is 9.99. The number of hydrogen-bond donors (Lipinski definition) is 0. The molecule has 0 saturated carbocycles. The molecule has 0 aliphatic rings. The first kappa shape index (κ1) is 15.1. The van der Waals surface area contributed by atoms with Gasteiger partial charge in [0.2, 0.25) is 0 Å². The molecule has 0 radical (unpaired) electrons. The molecule has 0 N–H and O–H groups in total. The molecule has 0 heterocycles. The molecule has 1 aromatic carbocycles. The van der Waals surface area contributed by atoms with E-state index in [-0.39, 0.29) is 0 Å². The van der Waals surface area contributed by atoms with E-state index in [0.717, 1.165) is 30.4 Å². The zero-order valence-corrected chi connectivity index (χ0v) is 13.3. The number of hydrogen-bond acceptors (Lipinski definition) is 2. The summed E-state index contributed by atoms with van der Waals surface area (Å²) in [4.78, 5) is 10.9. The largest absolute Gasteiger partial charge is 0.423 e. The van der Waals surface area contributed by atoms with Crippen LogP contribution in [0.3, 0.4) is 0 Å². The third-order valence-corrected chi connectivity index (χ3v) is 5.79. The molecule has 0 bridgehead atoms. The summed E-state index contributed by atoms with van der Waals surface area (Å²) in [6, 6.07) is 7.72. The van der Waals surface area contributed by atoms with Crippen LogP contribution in [0.15, 0.2) is 24.3 Å². The summed E-state index contributed by atoms with van der Waals surface area (Å²) in [5.74, 6) is 0.659. The maximum absolute atomic E-state index is 10.9. The van der Waals surface area contributed by atoms with Gasteiger partial charge in [-0.05, 0) is 22.9 Å². The van der Waals surface area contributed by atoms with E-state index < -0.39 is 9.76 Å². The lowest BCUT2D eigenvalue weighted by Crippen LogP contribution is -2.22. The van der Waals surface area contributed by atoms with Gasteiger partial charge >= 0.3 is 0 Å². The van der Waals surface area contributed by atoms with Crippen molar-refractivity contribution in [1.82, 2.24) is 0 Å². The van der Waals surface area contributed by atoms with Crippen LogP contribution in [0.2, 0.25) is 5.04 Å². The van der Waals surface area contributed by atoms with Crippen molar-refractivity contribution in [2.45, 2.75) is 39.2 Å². The van der Waals surface area contributed by atoms with E-state index in [2.05, 4.69) is 27.7 Å². The van der Waals surface area contributed by atoms with Crippen molar-refractivity contribution in [3.63, 3.8) is 0 Å². The van der Waals surface area contributed by atoms with Gasteiger partial charge in [-0.25, -0.2) is 0 Å². The SMILES string of the molecule is CC(C)C(C)(C)[SiH2]OCCc1ccccc1C=O. The summed E-state index contributed by atoms with van der Waals surface area (Å²) >= 11 is 0. The average Bonchev–Trinajstić information content (AvgIpc) is 2.35. The van der Waals surface area contributed by atoms with Crippen molar-refractivity contribution < 1.29 is 9.22 Å². The molecule has 100 valence electrons. The smallest absolute Gasteiger partial charge is 0.167 e. The number of aldehydes is 1. The van der Waals surface area contributed by atoms with E-state index >= 15 is 0 Å². The Morgan fingerprint density at radius 1 is 1.33 bits per heavy atom. The first-order valence-electron chi connectivity index (χ1n) is 6.58. The molecule has 0 fully saturated rings. The summed E-state index contributed by atoms with van der Waals surface area (Å²) in [6.45, 7) is 9.79. The summed E-state index contributed by atoms with van der Waals surface area (Å²) in [6.07, 6.45) is 1.75. The molecule has 0 spiro atoms. The van der Waals surface area contributed by atoms with Gasteiger partial charge in [-0.3, -0.25) is 4.79 Å². The highest BCUT2D eigenvalue weighted by molar-refractivity contribution is 6.32. The van der Waals surface area contributed by atoms with Crippen molar-refractivity contribution in [2.75, 3.05) is 6.61 Å². The highest BCUT2D eigenvalue weighted by Gasteiger charge is 2.23. The highest BCUT2D eigenvalue weighted by Crippen LogP contribution is 2.32. The molecule has 0 atom stereocenters. The van der Waals surface area contributed by atoms with Crippen LogP contribution >= 0.6 is 0 Å². The summed E-state index contributed by atoms with van der Waals surface area (Å²) in [5, 5.41) is 0.337. The molecule has 0 aliphatic heterocycles.